The molecule has 0 spiro atoms. The third-order valence-electron chi connectivity index (χ3n) is 4.68. The van der Waals surface area contributed by atoms with Gasteiger partial charge in [-0.15, -0.1) is 0 Å². The predicted octanol–water partition coefficient (Wildman–Crippen LogP) is 3.41. The summed E-state index contributed by atoms with van der Waals surface area (Å²) in [5.74, 6) is 1.15. The van der Waals surface area contributed by atoms with E-state index in [2.05, 4.69) is 10.1 Å². The Labute approximate surface area is 160 Å². The van der Waals surface area contributed by atoms with Crippen LogP contribution in [-0.4, -0.2) is 36.8 Å². The van der Waals surface area contributed by atoms with E-state index in [1.165, 1.54) is 12.1 Å². The second kappa shape index (κ2) is 7.30. The van der Waals surface area contributed by atoms with Gasteiger partial charge in [-0.25, -0.2) is 4.39 Å². The molecule has 3 aromatic rings. The lowest BCUT2D eigenvalue weighted by atomic mass is 10.1. The Hall–Kier alpha value is -3.42. The van der Waals surface area contributed by atoms with E-state index in [0.717, 1.165) is 0 Å². The molecule has 2 heterocycles. The van der Waals surface area contributed by atoms with Crippen molar-refractivity contribution in [3.8, 4) is 23.0 Å². The van der Waals surface area contributed by atoms with Crippen LogP contribution in [0.5, 0.6) is 11.5 Å². The van der Waals surface area contributed by atoms with Gasteiger partial charge < -0.3 is 18.9 Å². The molecule has 1 saturated heterocycles. The van der Waals surface area contributed by atoms with Gasteiger partial charge >= 0.3 is 0 Å². The smallest absolute Gasteiger partial charge is 0.258 e. The molecule has 1 unspecified atom stereocenters. The van der Waals surface area contributed by atoms with Crippen LogP contribution in [0.1, 0.15) is 18.2 Å². The molecule has 28 heavy (non-hydrogen) atoms. The van der Waals surface area contributed by atoms with Gasteiger partial charge in [0, 0.05) is 30.5 Å². The van der Waals surface area contributed by atoms with Gasteiger partial charge in [0.2, 0.25) is 5.91 Å². The number of hydrogen-bond donors (Lipinski definition) is 0. The maximum Gasteiger partial charge on any atom is 0.258 e. The van der Waals surface area contributed by atoms with Gasteiger partial charge in [0.05, 0.1) is 19.9 Å². The highest BCUT2D eigenvalue weighted by molar-refractivity contribution is 5.97. The summed E-state index contributed by atoms with van der Waals surface area (Å²) < 4.78 is 29.3. The Morgan fingerprint density at radius 3 is 2.79 bits per heavy atom. The lowest BCUT2D eigenvalue weighted by Gasteiger charge is -2.19. The van der Waals surface area contributed by atoms with Crippen molar-refractivity contribution in [3.63, 3.8) is 0 Å². The van der Waals surface area contributed by atoms with Crippen molar-refractivity contribution < 1.29 is 23.2 Å². The van der Waals surface area contributed by atoms with Crippen molar-refractivity contribution in [1.29, 1.82) is 0 Å². The maximum absolute atomic E-state index is 13.4. The number of hydrogen-bond acceptors (Lipinski definition) is 6. The standard InChI is InChI=1S/C20H18FN3O4/c1-26-15-6-7-16(17(10-15)27-2)24-11-13(9-18(24)25)19-22-20(28-23-19)12-4-3-5-14(21)8-12/h3-8,10,13H,9,11H2,1-2H3. The minimum absolute atomic E-state index is 0.0643. The maximum atomic E-state index is 13.4. The van der Waals surface area contributed by atoms with Gasteiger partial charge in [-0.05, 0) is 30.3 Å². The molecule has 1 aromatic heterocycles. The van der Waals surface area contributed by atoms with Crippen molar-refractivity contribution in [2.45, 2.75) is 12.3 Å². The zero-order valence-electron chi connectivity index (χ0n) is 15.4. The monoisotopic (exact) mass is 383 g/mol. The Morgan fingerprint density at radius 1 is 1.18 bits per heavy atom. The molecule has 1 fully saturated rings. The van der Waals surface area contributed by atoms with Crippen LogP contribution < -0.4 is 14.4 Å². The van der Waals surface area contributed by atoms with E-state index >= 15 is 0 Å². The quantitative estimate of drug-likeness (QED) is 0.672. The molecule has 1 aliphatic rings. The van der Waals surface area contributed by atoms with Crippen LogP contribution in [0.2, 0.25) is 0 Å². The summed E-state index contributed by atoms with van der Waals surface area (Å²) in [6.45, 7) is 0.393. The second-order valence-electron chi connectivity index (χ2n) is 6.41. The molecule has 0 aliphatic carbocycles. The fraction of sp³-hybridized carbons (Fsp3) is 0.250. The van der Waals surface area contributed by atoms with Crippen molar-refractivity contribution in [2.75, 3.05) is 25.7 Å². The Kier molecular flexibility index (Phi) is 4.68. The molecule has 1 aliphatic heterocycles. The SMILES string of the molecule is COc1ccc(N2CC(c3noc(-c4cccc(F)c4)n3)CC2=O)c(OC)c1. The Morgan fingerprint density at radius 2 is 2.04 bits per heavy atom. The number of carbonyl (C=O) groups is 1. The average Bonchev–Trinajstić information content (AvgIpc) is 3.34. The highest BCUT2D eigenvalue weighted by Crippen LogP contribution is 2.38. The molecule has 0 N–H and O–H groups in total. The molecule has 4 rings (SSSR count). The molecule has 0 bridgehead atoms. The number of benzene rings is 2. The highest BCUT2D eigenvalue weighted by atomic mass is 19.1. The van der Waals surface area contributed by atoms with Gasteiger partial charge in [0.1, 0.15) is 17.3 Å². The van der Waals surface area contributed by atoms with Gasteiger partial charge in [0.25, 0.3) is 5.89 Å². The number of carbonyl (C=O) groups excluding carboxylic acids is 1. The van der Waals surface area contributed by atoms with Crippen molar-refractivity contribution in [1.82, 2.24) is 10.1 Å². The van der Waals surface area contributed by atoms with Crippen molar-refractivity contribution in [3.05, 3.63) is 54.1 Å². The lowest BCUT2D eigenvalue weighted by Crippen LogP contribution is -2.24. The summed E-state index contributed by atoms with van der Waals surface area (Å²) in [6.07, 6.45) is 0.247. The number of methoxy groups -OCH3 is 2. The van der Waals surface area contributed by atoms with Crippen molar-refractivity contribution >= 4 is 11.6 Å². The minimum Gasteiger partial charge on any atom is -0.497 e. The largest absolute Gasteiger partial charge is 0.497 e. The van der Waals surface area contributed by atoms with Crippen LogP contribution in [0.3, 0.4) is 0 Å². The number of ether oxygens (including phenoxy) is 2. The van der Waals surface area contributed by atoms with E-state index in [1.807, 2.05) is 0 Å². The molecule has 1 amide bonds. The first-order valence-electron chi connectivity index (χ1n) is 8.71. The van der Waals surface area contributed by atoms with Crippen LogP contribution in [0.25, 0.3) is 11.5 Å². The fourth-order valence-electron chi connectivity index (χ4n) is 3.26. The summed E-state index contributed by atoms with van der Waals surface area (Å²) in [4.78, 5) is 18.6. The summed E-state index contributed by atoms with van der Waals surface area (Å²) in [5, 5.41) is 4.00. The molecule has 0 saturated carbocycles. The second-order valence-corrected chi connectivity index (χ2v) is 6.41. The van der Waals surface area contributed by atoms with Crippen LogP contribution in [-0.2, 0) is 4.79 Å². The van der Waals surface area contributed by atoms with Gasteiger partial charge in [-0.2, -0.15) is 4.98 Å². The molecule has 1 atom stereocenters. The van der Waals surface area contributed by atoms with Crippen LogP contribution in [0.15, 0.2) is 47.0 Å². The van der Waals surface area contributed by atoms with Crippen LogP contribution in [0.4, 0.5) is 10.1 Å². The number of amides is 1. The summed E-state index contributed by atoms with van der Waals surface area (Å²) in [7, 11) is 3.11. The average molecular weight is 383 g/mol. The molecule has 0 radical (unpaired) electrons. The van der Waals surface area contributed by atoms with Gasteiger partial charge in [0.15, 0.2) is 5.82 Å². The zero-order valence-corrected chi connectivity index (χ0v) is 15.4. The number of aromatic nitrogens is 2. The van der Waals surface area contributed by atoms with Crippen molar-refractivity contribution in [2.24, 2.45) is 0 Å². The van der Waals surface area contributed by atoms with E-state index < -0.39 is 0 Å². The van der Waals surface area contributed by atoms with E-state index in [1.54, 1.807) is 49.5 Å². The van der Waals surface area contributed by atoms with Crippen LogP contribution >= 0.6 is 0 Å². The predicted molar refractivity (Wildman–Crippen MR) is 98.9 cm³/mol. The first kappa shape index (κ1) is 18.0. The molecule has 144 valence electrons. The van der Waals surface area contributed by atoms with E-state index in [-0.39, 0.29) is 30.0 Å². The normalized spacial score (nSPS) is 16.5. The third-order valence-corrected chi connectivity index (χ3v) is 4.68. The topological polar surface area (TPSA) is 77.7 Å². The van der Waals surface area contributed by atoms with Gasteiger partial charge in [-0.3, -0.25) is 4.79 Å². The zero-order chi connectivity index (χ0) is 19.7. The minimum atomic E-state index is -0.383. The fourth-order valence-corrected chi connectivity index (χ4v) is 3.26. The summed E-state index contributed by atoms with van der Waals surface area (Å²) in [6, 6.07) is 11.2. The first-order valence-corrected chi connectivity index (χ1v) is 8.71. The Balaban J connectivity index is 1.57. The number of halogens is 1. The van der Waals surface area contributed by atoms with Crippen LogP contribution in [0, 0.1) is 5.82 Å². The number of nitrogens with zero attached hydrogens (tertiary/aromatic N) is 3. The summed E-state index contributed by atoms with van der Waals surface area (Å²) >= 11 is 0. The molecule has 7 nitrogen and oxygen atoms in total. The third kappa shape index (κ3) is 3.28. The lowest BCUT2D eigenvalue weighted by molar-refractivity contribution is -0.117. The molecule has 2 aromatic carbocycles. The van der Waals surface area contributed by atoms with Gasteiger partial charge in [-0.1, -0.05) is 11.2 Å². The molecular weight excluding hydrogens is 365 g/mol. The number of rotatable bonds is 5. The van der Waals surface area contributed by atoms with E-state index in [4.69, 9.17) is 14.0 Å². The first-order chi connectivity index (χ1) is 13.6. The molecular formula is C20H18FN3O4. The van der Waals surface area contributed by atoms with E-state index in [9.17, 15) is 9.18 Å². The Bertz CT molecular complexity index is 1020. The number of anilines is 1. The molecule has 8 heteroatoms. The highest BCUT2D eigenvalue weighted by Gasteiger charge is 2.36. The van der Waals surface area contributed by atoms with E-state index in [0.29, 0.717) is 35.1 Å². The summed E-state index contributed by atoms with van der Waals surface area (Å²) in [5.41, 5.74) is 1.15.